The molecule has 1 aliphatic rings. The van der Waals surface area contributed by atoms with Crippen LogP contribution in [0.3, 0.4) is 0 Å². The summed E-state index contributed by atoms with van der Waals surface area (Å²) in [5, 5.41) is 4.32. The van der Waals surface area contributed by atoms with E-state index in [1.165, 1.54) is 17.0 Å². The maximum absolute atomic E-state index is 14.6. The Hall–Kier alpha value is -3.56. The number of benzene rings is 4. The molecule has 0 aliphatic heterocycles. The van der Waals surface area contributed by atoms with E-state index in [1.54, 1.807) is 60.7 Å². The number of nitrogens with one attached hydrogen (secondary N) is 1. The topological polar surface area (TPSA) is 86.8 Å². The lowest BCUT2D eigenvalue weighted by atomic mass is 10.0. The van der Waals surface area contributed by atoms with Crippen molar-refractivity contribution in [1.29, 1.82) is 0 Å². The highest BCUT2D eigenvalue weighted by molar-refractivity contribution is 7.92. The van der Waals surface area contributed by atoms with Gasteiger partial charge in [-0.1, -0.05) is 102 Å². The Labute approximate surface area is 285 Å². The third kappa shape index (κ3) is 8.42. The lowest BCUT2D eigenvalue weighted by molar-refractivity contribution is -0.140. The molecule has 240 valence electrons. The van der Waals surface area contributed by atoms with Gasteiger partial charge < -0.3 is 10.2 Å². The first kappa shape index (κ1) is 33.8. The van der Waals surface area contributed by atoms with Crippen molar-refractivity contribution in [2.45, 2.75) is 55.6 Å². The van der Waals surface area contributed by atoms with E-state index in [9.17, 15) is 18.0 Å². The lowest BCUT2D eigenvalue weighted by Gasteiger charge is -2.34. The molecular weight excluding hydrogens is 665 g/mol. The maximum Gasteiger partial charge on any atom is 0.264 e. The molecule has 7 nitrogen and oxygen atoms in total. The molecule has 1 saturated carbocycles. The van der Waals surface area contributed by atoms with Gasteiger partial charge in [0.05, 0.1) is 10.6 Å². The number of rotatable bonds is 12. The molecule has 4 aromatic rings. The van der Waals surface area contributed by atoms with Crippen LogP contribution in [0.2, 0.25) is 15.1 Å². The van der Waals surface area contributed by atoms with Crippen LogP contribution in [0, 0.1) is 0 Å². The molecule has 0 heterocycles. The van der Waals surface area contributed by atoms with Gasteiger partial charge in [-0.05, 0) is 72.5 Å². The molecule has 0 saturated heterocycles. The lowest BCUT2D eigenvalue weighted by Crippen LogP contribution is -2.54. The Morgan fingerprint density at radius 1 is 0.804 bits per heavy atom. The van der Waals surface area contributed by atoms with E-state index < -0.39 is 28.5 Å². The number of carbonyl (C=O) groups is 2. The van der Waals surface area contributed by atoms with Crippen molar-refractivity contribution in [2.75, 3.05) is 10.8 Å². The van der Waals surface area contributed by atoms with Gasteiger partial charge in [-0.25, -0.2) is 8.42 Å². The van der Waals surface area contributed by atoms with Crippen molar-refractivity contribution in [2.24, 2.45) is 0 Å². The van der Waals surface area contributed by atoms with Gasteiger partial charge in [0.15, 0.2) is 0 Å². The highest BCUT2D eigenvalue weighted by atomic mass is 35.5. The largest absolute Gasteiger partial charge is 0.352 e. The monoisotopic (exact) mass is 697 g/mol. The summed E-state index contributed by atoms with van der Waals surface area (Å²) >= 11 is 18.9. The van der Waals surface area contributed by atoms with E-state index in [2.05, 4.69) is 5.32 Å². The van der Waals surface area contributed by atoms with Crippen molar-refractivity contribution in [1.82, 2.24) is 10.2 Å². The van der Waals surface area contributed by atoms with Gasteiger partial charge in [-0.15, -0.1) is 0 Å². The van der Waals surface area contributed by atoms with Gasteiger partial charge in [-0.2, -0.15) is 0 Å². The average Bonchev–Trinajstić information content (AvgIpc) is 3.57. The highest BCUT2D eigenvalue weighted by Gasteiger charge is 2.35. The minimum absolute atomic E-state index is 0.00543. The molecule has 0 unspecified atom stereocenters. The molecule has 0 spiro atoms. The molecule has 1 aliphatic carbocycles. The van der Waals surface area contributed by atoms with Crippen molar-refractivity contribution in [3.8, 4) is 0 Å². The van der Waals surface area contributed by atoms with Gasteiger partial charge in [0.25, 0.3) is 10.0 Å². The quantitative estimate of drug-likeness (QED) is 0.166. The molecule has 1 fully saturated rings. The van der Waals surface area contributed by atoms with E-state index in [4.69, 9.17) is 34.8 Å². The molecule has 0 radical (unpaired) electrons. The van der Waals surface area contributed by atoms with E-state index in [1.807, 2.05) is 30.3 Å². The van der Waals surface area contributed by atoms with Crippen molar-refractivity contribution in [3.63, 3.8) is 0 Å². The number of hydrogen-bond donors (Lipinski definition) is 1. The molecule has 5 rings (SSSR count). The van der Waals surface area contributed by atoms with Crippen molar-refractivity contribution < 1.29 is 18.0 Å². The number of carbonyl (C=O) groups excluding carboxylic acids is 2. The number of hydrogen-bond acceptors (Lipinski definition) is 4. The normalized spacial score (nSPS) is 14.1. The van der Waals surface area contributed by atoms with Crippen molar-refractivity contribution >= 4 is 62.3 Å². The predicted molar refractivity (Wildman–Crippen MR) is 184 cm³/mol. The first-order valence-corrected chi connectivity index (χ1v) is 17.6. The molecule has 0 bridgehead atoms. The fourth-order valence-electron chi connectivity index (χ4n) is 5.61. The second-order valence-electron chi connectivity index (χ2n) is 11.3. The number of halogens is 3. The number of amides is 2. The van der Waals surface area contributed by atoms with Crippen LogP contribution in [-0.4, -0.2) is 43.8 Å². The minimum Gasteiger partial charge on any atom is -0.352 e. The highest BCUT2D eigenvalue weighted by Crippen LogP contribution is 2.28. The molecule has 11 heteroatoms. The van der Waals surface area contributed by atoms with E-state index >= 15 is 0 Å². The molecule has 0 aromatic heterocycles. The molecular formula is C35H34Cl3N3O4S. The van der Waals surface area contributed by atoms with Crippen molar-refractivity contribution in [3.05, 3.63) is 129 Å². The second-order valence-corrected chi connectivity index (χ2v) is 14.4. The Kier molecular flexibility index (Phi) is 11.3. The van der Waals surface area contributed by atoms with Gasteiger partial charge >= 0.3 is 0 Å². The van der Waals surface area contributed by atoms with Crippen LogP contribution in [-0.2, 0) is 32.6 Å². The van der Waals surface area contributed by atoms with Crippen LogP contribution >= 0.6 is 34.8 Å². The van der Waals surface area contributed by atoms with Crippen LogP contribution in [0.4, 0.5) is 5.69 Å². The Balaban J connectivity index is 1.57. The fraction of sp³-hybridized carbons (Fsp3) is 0.257. The second kappa shape index (κ2) is 15.4. The predicted octanol–water partition coefficient (Wildman–Crippen LogP) is 7.54. The fourth-order valence-corrected chi connectivity index (χ4v) is 7.64. The Morgan fingerprint density at radius 2 is 1.41 bits per heavy atom. The summed E-state index contributed by atoms with van der Waals surface area (Å²) in [4.78, 5) is 30.1. The van der Waals surface area contributed by atoms with E-state index in [0.29, 0.717) is 20.6 Å². The molecule has 46 heavy (non-hydrogen) atoms. The van der Waals surface area contributed by atoms with Crippen LogP contribution in [0.5, 0.6) is 0 Å². The van der Waals surface area contributed by atoms with Gasteiger partial charge in [-0.3, -0.25) is 13.9 Å². The first-order chi connectivity index (χ1) is 22.1. The number of nitrogens with zero attached hydrogens (tertiary/aromatic N) is 2. The average molecular weight is 699 g/mol. The molecule has 1 atom stereocenters. The van der Waals surface area contributed by atoms with Crippen LogP contribution in [0.1, 0.15) is 36.8 Å². The van der Waals surface area contributed by atoms with Gasteiger partial charge in [0.2, 0.25) is 11.8 Å². The zero-order valence-electron chi connectivity index (χ0n) is 25.0. The summed E-state index contributed by atoms with van der Waals surface area (Å²) in [6.45, 7) is -0.629. The van der Waals surface area contributed by atoms with Gasteiger partial charge in [0.1, 0.15) is 12.6 Å². The smallest absolute Gasteiger partial charge is 0.264 e. The van der Waals surface area contributed by atoms with Crippen LogP contribution in [0.15, 0.2) is 108 Å². The Morgan fingerprint density at radius 3 is 2.04 bits per heavy atom. The Bertz CT molecular complexity index is 1750. The molecule has 2 amide bonds. The summed E-state index contributed by atoms with van der Waals surface area (Å²) < 4.78 is 29.2. The minimum atomic E-state index is -4.21. The van der Waals surface area contributed by atoms with E-state index in [0.717, 1.165) is 35.6 Å². The maximum atomic E-state index is 14.6. The standard InChI is InChI=1S/C35H34Cl3N3O4S/c36-27-17-19-30(20-18-27)41(46(44,45)31-13-5-2-6-14-31)24-34(42)40(23-26-15-16-28(37)22-32(26)38)33(21-25-9-3-1-4-10-25)35(43)39-29-11-7-8-12-29/h1-6,9-10,13-20,22,29,33H,7-8,11-12,21,23-24H2,(H,39,43)/t33-/m0/s1. The first-order valence-electron chi connectivity index (χ1n) is 15.0. The van der Waals surface area contributed by atoms with Gasteiger partial charge in [0, 0.05) is 34.1 Å². The van der Waals surface area contributed by atoms with Crippen LogP contribution < -0.4 is 9.62 Å². The molecule has 1 N–H and O–H groups in total. The SMILES string of the molecule is O=C(NC1CCCC1)[C@H](Cc1ccccc1)N(Cc1ccc(Cl)cc1Cl)C(=O)CN(c1ccc(Cl)cc1)S(=O)(=O)c1ccccc1. The summed E-state index contributed by atoms with van der Waals surface area (Å²) in [5.74, 6) is -0.888. The zero-order chi connectivity index (χ0) is 32.7. The summed E-state index contributed by atoms with van der Waals surface area (Å²) in [7, 11) is -4.21. The third-order valence-corrected chi connectivity index (χ3v) is 10.7. The van der Waals surface area contributed by atoms with Crippen LogP contribution in [0.25, 0.3) is 0 Å². The zero-order valence-corrected chi connectivity index (χ0v) is 28.1. The number of sulfonamides is 1. The summed E-state index contributed by atoms with van der Waals surface area (Å²) in [6, 6.07) is 27.5. The summed E-state index contributed by atoms with van der Waals surface area (Å²) in [6.07, 6.45) is 3.97. The third-order valence-electron chi connectivity index (χ3n) is 8.05. The number of anilines is 1. The molecule has 4 aromatic carbocycles. The van der Waals surface area contributed by atoms with E-state index in [-0.39, 0.29) is 35.5 Å². The summed E-state index contributed by atoms with van der Waals surface area (Å²) in [5.41, 5.74) is 1.66.